The summed E-state index contributed by atoms with van der Waals surface area (Å²) in [4.78, 5) is 22.4. The number of fused-ring (bicyclic) bond motifs is 4. The van der Waals surface area contributed by atoms with Crippen molar-refractivity contribution in [3.05, 3.63) is 89.8 Å². The Hall–Kier alpha value is -4.15. The number of anilines is 1. The van der Waals surface area contributed by atoms with Crippen molar-refractivity contribution >= 4 is 28.1 Å². The van der Waals surface area contributed by atoms with Crippen molar-refractivity contribution in [3.8, 4) is 11.5 Å². The average Bonchev–Trinajstić information content (AvgIpc) is 3.24. The molecule has 5 rings (SSSR count). The number of amides is 1. The summed E-state index contributed by atoms with van der Waals surface area (Å²) in [6.07, 6.45) is 3.56. The van der Waals surface area contributed by atoms with Gasteiger partial charge >= 0.3 is 0 Å². The van der Waals surface area contributed by atoms with Gasteiger partial charge in [-0.1, -0.05) is 30.3 Å². The van der Waals surface area contributed by atoms with Gasteiger partial charge < -0.3 is 19.5 Å². The van der Waals surface area contributed by atoms with Crippen LogP contribution in [0.5, 0.6) is 11.5 Å². The molecule has 3 aromatic carbocycles. The fourth-order valence-electron chi connectivity index (χ4n) is 3.93. The minimum absolute atomic E-state index is 0.0394. The molecule has 0 unspecified atom stereocenters. The Balaban J connectivity index is 1.65. The Morgan fingerprint density at radius 2 is 2.03 bits per heavy atom. The van der Waals surface area contributed by atoms with Crippen LogP contribution in [0.15, 0.2) is 67.1 Å². The van der Waals surface area contributed by atoms with E-state index in [0.717, 1.165) is 27.7 Å². The van der Waals surface area contributed by atoms with Crippen LogP contribution in [-0.2, 0) is 17.9 Å². The number of likely N-dealkylation sites (N-methyl/N-ethyl adjacent to an activating group) is 1. The molecule has 158 valence electrons. The molecule has 7 heteroatoms. The zero-order chi connectivity index (χ0) is 22.1. The number of nitrogens with zero attached hydrogens (tertiary/aromatic N) is 4. The Bertz CT molecular complexity index is 1370. The molecule has 7 nitrogen and oxygen atoms in total. The number of hydrogen-bond acceptors (Lipinski definition) is 4. The second-order valence-corrected chi connectivity index (χ2v) is 7.75. The molecule has 0 atom stereocenters. The lowest BCUT2D eigenvalue weighted by Crippen LogP contribution is -2.35. The highest BCUT2D eigenvalue weighted by Gasteiger charge is 2.16. The molecule has 32 heavy (non-hydrogen) atoms. The van der Waals surface area contributed by atoms with Crippen molar-refractivity contribution in [1.82, 2.24) is 14.9 Å². The molecule has 0 fully saturated rings. The zero-order valence-corrected chi connectivity index (χ0v) is 17.6. The van der Waals surface area contributed by atoms with Gasteiger partial charge in [0.1, 0.15) is 11.5 Å². The maximum atomic E-state index is 12.9. The maximum absolute atomic E-state index is 12.9. The number of nitrogens with one attached hydrogen (secondary N) is 1. The van der Waals surface area contributed by atoms with Crippen LogP contribution in [0, 0.1) is 6.57 Å². The number of carbonyl (C=O) groups is 1. The summed E-state index contributed by atoms with van der Waals surface area (Å²) >= 11 is 0. The summed E-state index contributed by atoms with van der Waals surface area (Å²) in [5.74, 6) is 1.08. The van der Waals surface area contributed by atoms with Crippen molar-refractivity contribution < 1.29 is 9.53 Å². The van der Waals surface area contributed by atoms with Gasteiger partial charge in [-0.15, -0.1) is 0 Å². The molecule has 1 amide bonds. The van der Waals surface area contributed by atoms with Gasteiger partial charge in [0.25, 0.3) is 0 Å². The minimum atomic E-state index is -0.0394. The van der Waals surface area contributed by atoms with Crippen LogP contribution in [0.25, 0.3) is 15.6 Å². The molecule has 1 aromatic heterocycles. The van der Waals surface area contributed by atoms with Crippen LogP contribution < -0.4 is 15.0 Å². The first-order valence-electron chi connectivity index (χ1n) is 10.3. The Kier molecular flexibility index (Phi) is 5.06. The standard InChI is InChI=1S/C25H21N5O2/c1-26-22-9-6-17-10-24(22)32-20-8-7-18-4-3-5-23(21(18)11-20)29(2)25(31)14-27-12-19-13-28-16-30(19)15-17/h3-11,13,16,27H,12,14-15H2,2H3. The molecular formula is C25H21N5O2. The van der Waals surface area contributed by atoms with Gasteiger partial charge in [0.15, 0.2) is 0 Å². The predicted octanol–water partition coefficient (Wildman–Crippen LogP) is 4.49. The van der Waals surface area contributed by atoms with E-state index in [-0.39, 0.29) is 12.5 Å². The normalized spacial score (nSPS) is 14.1. The van der Waals surface area contributed by atoms with Gasteiger partial charge in [-0.3, -0.25) is 4.79 Å². The Labute approximate surface area is 185 Å². The van der Waals surface area contributed by atoms with Gasteiger partial charge in [0.2, 0.25) is 11.6 Å². The van der Waals surface area contributed by atoms with E-state index in [1.807, 2.05) is 53.1 Å². The molecule has 1 aliphatic heterocycles. The van der Waals surface area contributed by atoms with Crippen LogP contribution in [0.1, 0.15) is 11.3 Å². The first-order chi connectivity index (χ1) is 15.6. The Morgan fingerprint density at radius 3 is 2.91 bits per heavy atom. The van der Waals surface area contributed by atoms with Crippen LogP contribution in [0.2, 0.25) is 0 Å². The number of aromatic nitrogens is 2. The van der Waals surface area contributed by atoms with Crippen molar-refractivity contribution in [2.75, 3.05) is 18.5 Å². The molecular weight excluding hydrogens is 402 g/mol. The van der Waals surface area contributed by atoms with Crippen molar-refractivity contribution in [3.63, 3.8) is 0 Å². The zero-order valence-electron chi connectivity index (χ0n) is 17.6. The summed E-state index contributed by atoms with van der Waals surface area (Å²) < 4.78 is 8.20. The van der Waals surface area contributed by atoms with Gasteiger partial charge in [-0.05, 0) is 35.2 Å². The van der Waals surface area contributed by atoms with Crippen LogP contribution in [-0.4, -0.2) is 29.1 Å². The molecule has 1 aliphatic rings. The van der Waals surface area contributed by atoms with Crippen LogP contribution in [0.3, 0.4) is 0 Å². The lowest BCUT2D eigenvalue weighted by Gasteiger charge is -2.21. The van der Waals surface area contributed by atoms with E-state index < -0.39 is 0 Å². The van der Waals surface area contributed by atoms with E-state index in [0.29, 0.717) is 30.3 Å². The van der Waals surface area contributed by atoms with Gasteiger partial charge in [0, 0.05) is 31.7 Å². The molecule has 4 bridgehead atoms. The summed E-state index contributed by atoms with van der Waals surface area (Å²) in [5, 5.41) is 5.15. The van der Waals surface area contributed by atoms with Gasteiger partial charge in [-0.25, -0.2) is 9.83 Å². The largest absolute Gasteiger partial charge is 0.468 e. The second-order valence-electron chi connectivity index (χ2n) is 7.75. The molecule has 0 saturated heterocycles. The fourth-order valence-corrected chi connectivity index (χ4v) is 3.93. The number of hydrogen-bond donors (Lipinski definition) is 1. The van der Waals surface area contributed by atoms with Crippen LogP contribution in [0.4, 0.5) is 11.4 Å². The third kappa shape index (κ3) is 3.68. The van der Waals surface area contributed by atoms with E-state index in [1.54, 1.807) is 30.5 Å². The summed E-state index contributed by atoms with van der Waals surface area (Å²) in [7, 11) is 1.78. The highest BCUT2D eigenvalue weighted by atomic mass is 16.5. The summed E-state index contributed by atoms with van der Waals surface area (Å²) in [6.45, 7) is 8.84. The highest BCUT2D eigenvalue weighted by Crippen LogP contribution is 2.36. The topological polar surface area (TPSA) is 63.8 Å². The molecule has 4 aromatic rings. The lowest BCUT2D eigenvalue weighted by molar-refractivity contribution is -0.117. The third-order valence-corrected chi connectivity index (χ3v) is 5.67. The highest BCUT2D eigenvalue weighted by molar-refractivity contribution is 6.04. The fraction of sp³-hybridized carbons (Fsp3) is 0.160. The van der Waals surface area contributed by atoms with E-state index >= 15 is 0 Å². The third-order valence-electron chi connectivity index (χ3n) is 5.67. The molecule has 0 spiro atoms. The molecule has 0 radical (unpaired) electrons. The first-order valence-corrected chi connectivity index (χ1v) is 10.3. The van der Waals surface area contributed by atoms with E-state index in [9.17, 15) is 4.79 Å². The number of benzene rings is 3. The van der Waals surface area contributed by atoms with Crippen molar-refractivity contribution in [1.29, 1.82) is 0 Å². The molecule has 0 saturated carbocycles. The molecule has 0 aliphatic carbocycles. The average molecular weight is 423 g/mol. The number of imidazole rings is 1. The Morgan fingerprint density at radius 1 is 1.12 bits per heavy atom. The van der Waals surface area contributed by atoms with E-state index in [4.69, 9.17) is 11.3 Å². The number of ether oxygens (including phenoxy) is 1. The monoisotopic (exact) mass is 423 g/mol. The quantitative estimate of drug-likeness (QED) is 0.423. The first kappa shape index (κ1) is 19.8. The van der Waals surface area contributed by atoms with Crippen molar-refractivity contribution in [2.24, 2.45) is 0 Å². The SMILES string of the molecule is [C-]#[N+]c1ccc2cc1Oc1ccc3cccc(c3c1)N(C)C(=O)CNCc1cncn1C2. The van der Waals surface area contributed by atoms with E-state index in [2.05, 4.69) is 15.1 Å². The number of rotatable bonds is 0. The van der Waals surface area contributed by atoms with Crippen LogP contribution >= 0.6 is 0 Å². The maximum Gasteiger partial charge on any atom is 0.240 e. The summed E-state index contributed by atoms with van der Waals surface area (Å²) in [6, 6.07) is 17.3. The lowest BCUT2D eigenvalue weighted by atomic mass is 10.1. The minimum Gasteiger partial charge on any atom is -0.468 e. The van der Waals surface area contributed by atoms with E-state index in [1.165, 1.54) is 0 Å². The van der Waals surface area contributed by atoms with Crippen molar-refractivity contribution in [2.45, 2.75) is 13.1 Å². The van der Waals surface area contributed by atoms with Gasteiger partial charge in [0.05, 0.1) is 30.8 Å². The molecule has 1 N–H and O–H groups in total. The second kappa shape index (κ2) is 8.17. The molecule has 2 heterocycles. The predicted molar refractivity (Wildman–Crippen MR) is 123 cm³/mol. The number of carbonyl (C=O) groups excluding carboxylic acids is 1. The van der Waals surface area contributed by atoms with Gasteiger partial charge in [-0.2, -0.15) is 0 Å². The summed E-state index contributed by atoms with van der Waals surface area (Å²) in [5.41, 5.74) is 3.21. The smallest absolute Gasteiger partial charge is 0.240 e.